The van der Waals surface area contributed by atoms with Gasteiger partial charge in [-0.2, -0.15) is 4.98 Å². The van der Waals surface area contributed by atoms with Gasteiger partial charge in [0.2, 0.25) is 20.9 Å². The number of aromatic nitrogens is 4. The second-order valence-corrected chi connectivity index (χ2v) is 12.2. The molecule has 0 saturated heterocycles. The van der Waals surface area contributed by atoms with Crippen LogP contribution in [0.15, 0.2) is 9.59 Å². The van der Waals surface area contributed by atoms with E-state index in [0.717, 1.165) is 12.8 Å². The Morgan fingerprint density at radius 2 is 1.84 bits per heavy atom. The molecule has 2 aromatic heterocycles. The second-order valence-electron chi connectivity index (χ2n) is 10.1. The van der Waals surface area contributed by atoms with E-state index in [0.29, 0.717) is 42.5 Å². The number of anilines is 1. The van der Waals surface area contributed by atoms with Crippen molar-refractivity contribution < 1.29 is 9.22 Å². The minimum Gasteiger partial charge on any atom is -0.397 e. The van der Waals surface area contributed by atoms with Crippen molar-refractivity contribution in [1.29, 1.82) is 0 Å². The standard InChI is InChI=1S/C22H36N5O4Si/c1-14(22(3,4)5)10-9-11-16(31-32(7)8)27-19(29)17-18(24(6)21(27)30)23-20-25(15(2)28)12-13-26(17)20/h14,16H,9-13H2,1-8H3. The van der Waals surface area contributed by atoms with Crippen molar-refractivity contribution in [1.82, 2.24) is 18.7 Å². The molecule has 0 bridgehead atoms. The van der Waals surface area contributed by atoms with Gasteiger partial charge in [0.15, 0.2) is 11.2 Å². The van der Waals surface area contributed by atoms with E-state index in [4.69, 9.17) is 4.43 Å². The molecule has 3 rings (SSSR count). The zero-order chi connectivity index (χ0) is 24.0. The molecule has 2 unspecified atom stereocenters. The minimum atomic E-state index is -1.16. The summed E-state index contributed by atoms with van der Waals surface area (Å²) >= 11 is 0. The molecular formula is C22H36N5O4Si. The normalized spacial score (nSPS) is 16.1. The molecule has 177 valence electrons. The van der Waals surface area contributed by atoms with Crippen molar-refractivity contribution >= 4 is 32.1 Å². The van der Waals surface area contributed by atoms with Crippen LogP contribution < -0.4 is 16.1 Å². The summed E-state index contributed by atoms with van der Waals surface area (Å²) in [6, 6.07) is 0. The lowest BCUT2D eigenvalue weighted by Crippen LogP contribution is -2.43. The maximum absolute atomic E-state index is 13.6. The van der Waals surface area contributed by atoms with E-state index >= 15 is 0 Å². The van der Waals surface area contributed by atoms with E-state index in [1.807, 2.05) is 13.1 Å². The summed E-state index contributed by atoms with van der Waals surface area (Å²) < 4.78 is 10.6. The lowest BCUT2D eigenvalue weighted by Gasteiger charge is -2.28. The number of rotatable bonds is 7. The van der Waals surface area contributed by atoms with Gasteiger partial charge in [-0.25, -0.2) is 9.36 Å². The summed E-state index contributed by atoms with van der Waals surface area (Å²) in [5.74, 6) is 0.793. The van der Waals surface area contributed by atoms with E-state index < -0.39 is 26.5 Å². The molecule has 0 aliphatic carbocycles. The van der Waals surface area contributed by atoms with Crippen LogP contribution in [-0.2, 0) is 22.8 Å². The fourth-order valence-corrected chi connectivity index (χ4v) is 4.91. The van der Waals surface area contributed by atoms with Crippen molar-refractivity contribution in [2.45, 2.75) is 79.7 Å². The van der Waals surface area contributed by atoms with E-state index in [1.165, 1.54) is 21.0 Å². The molecule has 32 heavy (non-hydrogen) atoms. The van der Waals surface area contributed by atoms with Crippen LogP contribution in [0.2, 0.25) is 13.1 Å². The van der Waals surface area contributed by atoms with Crippen LogP contribution in [-0.4, -0.2) is 40.2 Å². The molecule has 3 heterocycles. The Morgan fingerprint density at radius 3 is 2.41 bits per heavy atom. The van der Waals surface area contributed by atoms with Crippen molar-refractivity contribution in [3.8, 4) is 0 Å². The van der Waals surface area contributed by atoms with E-state index in [-0.39, 0.29) is 11.3 Å². The third-order valence-corrected chi connectivity index (χ3v) is 7.30. The highest BCUT2D eigenvalue weighted by Gasteiger charge is 2.31. The first-order valence-electron chi connectivity index (χ1n) is 11.3. The quantitative estimate of drug-likeness (QED) is 0.590. The number of aryl methyl sites for hydroxylation is 1. The lowest BCUT2D eigenvalue weighted by atomic mass is 9.79. The molecule has 0 fully saturated rings. The first-order valence-corrected chi connectivity index (χ1v) is 13.7. The molecule has 2 aromatic rings. The average Bonchev–Trinajstić information content (AvgIpc) is 3.24. The fourth-order valence-electron chi connectivity index (χ4n) is 4.14. The molecule has 0 aromatic carbocycles. The van der Waals surface area contributed by atoms with Crippen LogP contribution in [0.5, 0.6) is 0 Å². The highest BCUT2D eigenvalue weighted by Crippen LogP contribution is 2.31. The predicted octanol–water partition coefficient (Wildman–Crippen LogP) is 2.88. The monoisotopic (exact) mass is 462 g/mol. The Hall–Kier alpha value is -2.20. The topological polar surface area (TPSA) is 91.4 Å². The smallest absolute Gasteiger partial charge is 0.334 e. The second kappa shape index (κ2) is 8.97. The van der Waals surface area contributed by atoms with Gasteiger partial charge in [-0.15, -0.1) is 0 Å². The summed E-state index contributed by atoms with van der Waals surface area (Å²) in [4.78, 5) is 44.8. The van der Waals surface area contributed by atoms with Gasteiger partial charge in [-0.3, -0.25) is 19.1 Å². The zero-order valence-corrected chi connectivity index (χ0v) is 21.6. The molecule has 0 spiro atoms. The van der Waals surface area contributed by atoms with Crippen LogP contribution in [0, 0.1) is 11.3 Å². The van der Waals surface area contributed by atoms with Crippen LogP contribution in [0.4, 0.5) is 5.95 Å². The van der Waals surface area contributed by atoms with Gasteiger partial charge in [0, 0.05) is 27.1 Å². The Morgan fingerprint density at radius 1 is 1.19 bits per heavy atom. The first kappa shape index (κ1) is 24.4. The third-order valence-electron chi connectivity index (χ3n) is 6.56. The van der Waals surface area contributed by atoms with Gasteiger partial charge < -0.3 is 8.99 Å². The maximum Gasteiger partial charge on any atom is 0.334 e. The van der Waals surface area contributed by atoms with Crippen LogP contribution in [0.3, 0.4) is 0 Å². The molecule has 2 atom stereocenters. The van der Waals surface area contributed by atoms with Crippen molar-refractivity contribution in [2.24, 2.45) is 18.4 Å². The number of fused-ring (bicyclic) bond motifs is 3. The van der Waals surface area contributed by atoms with Crippen LogP contribution in [0.25, 0.3) is 11.2 Å². The number of amides is 1. The number of hydrogen-bond acceptors (Lipinski definition) is 5. The van der Waals surface area contributed by atoms with Crippen LogP contribution in [0.1, 0.15) is 60.1 Å². The largest absolute Gasteiger partial charge is 0.397 e. The zero-order valence-electron chi connectivity index (χ0n) is 20.6. The highest BCUT2D eigenvalue weighted by molar-refractivity contribution is 6.48. The van der Waals surface area contributed by atoms with Gasteiger partial charge >= 0.3 is 5.69 Å². The lowest BCUT2D eigenvalue weighted by molar-refractivity contribution is -0.116. The van der Waals surface area contributed by atoms with Gasteiger partial charge in [0.05, 0.1) is 0 Å². The van der Waals surface area contributed by atoms with E-state index in [2.05, 4.69) is 32.7 Å². The number of hydrogen-bond donors (Lipinski definition) is 0. The third kappa shape index (κ3) is 4.47. The molecule has 9 nitrogen and oxygen atoms in total. The summed E-state index contributed by atoms with van der Waals surface area (Å²) in [6.07, 6.45) is 1.83. The summed E-state index contributed by atoms with van der Waals surface area (Å²) in [5, 5.41) is 0. The van der Waals surface area contributed by atoms with Gasteiger partial charge in [0.1, 0.15) is 6.23 Å². The van der Waals surface area contributed by atoms with Gasteiger partial charge in [0.25, 0.3) is 5.56 Å². The molecule has 1 aliphatic heterocycles. The Kier molecular flexibility index (Phi) is 6.85. The van der Waals surface area contributed by atoms with E-state index in [1.54, 1.807) is 11.6 Å². The number of carbonyl (C=O) groups excluding carboxylic acids is 1. The molecule has 1 aliphatic rings. The molecule has 0 saturated carbocycles. The van der Waals surface area contributed by atoms with Crippen LogP contribution >= 0.6 is 0 Å². The van der Waals surface area contributed by atoms with Gasteiger partial charge in [-0.05, 0) is 37.3 Å². The summed E-state index contributed by atoms with van der Waals surface area (Å²) in [5.41, 5.74) is 0.0161. The number of carbonyl (C=O) groups is 1. The summed E-state index contributed by atoms with van der Waals surface area (Å²) in [7, 11) is 0.457. The Labute approximate surface area is 190 Å². The molecule has 0 N–H and O–H groups in total. The van der Waals surface area contributed by atoms with E-state index in [9.17, 15) is 14.4 Å². The highest BCUT2D eigenvalue weighted by atomic mass is 28.3. The average molecular weight is 463 g/mol. The number of imidazole rings is 1. The van der Waals surface area contributed by atoms with Crippen molar-refractivity contribution in [3.63, 3.8) is 0 Å². The minimum absolute atomic E-state index is 0.136. The van der Waals surface area contributed by atoms with Gasteiger partial charge in [-0.1, -0.05) is 34.1 Å². The molecular weight excluding hydrogens is 426 g/mol. The number of nitrogens with zero attached hydrogens (tertiary/aromatic N) is 5. The molecule has 1 amide bonds. The fraction of sp³-hybridized carbons (Fsp3) is 0.727. The molecule has 10 heteroatoms. The first-order chi connectivity index (χ1) is 14.8. The van der Waals surface area contributed by atoms with Crippen molar-refractivity contribution in [3.05, 3.63) is 20.8 Å². The SMILES string of the molecule is CC(=O)N1CCn2c1nc1c2c(=O)n(C(CCCC(C)C(C)(C)C)O[Si](C)C)c(=O)n1C. The Bertz CT molecular complexity index is 1120. The summed E-state index contributed by atoms with van der Waals surface area (Å²) in [6.45, 7) is 15.3. The van der Waals surface area contributed by atoms with Crippen molar-refractivity contribution in [2.75, 3.05) is 11.4 Å². The molecule has 1 radical (unpaired) electrons. The maximum atomic E-state index is 13.6. The predicted molar refractivity (Wildman–Crippen MR) is 127 cm³/mol. The Balaban J connectivity index is 2.05.